The van der Waals surface area contributed by atoms with E-state index in [9.17, 15) is 4.39 Å². The van der Waals surface area contributed by atoms with Crippen molar-refractivity contribution in [2.45, 2.75) is 6.04 Å². The second-order valence-corrected chi connectivity index (χ2v) is 3.65. The maximum absolute atomic E-state index is 13.0. The third-order valence-electron chi connectivity index (χ3n) is 2.26. The molecule has 4 heteroatoms. The van der Waals surface area contributed by atoms with Crippen LogP contribution >= 0.6 is 11.6 Å². The van der Waals surface area contributed by atoms with Crippen LogP contribution in [0.4, 0.5) is 4.39 Å². The molecule has 0 saturated carbocycles. The molecule has 0 aromatic heterocycles. The third-order valence-corrected chi connectivity index (χ3v) is 2.60. The SMILES string of the molecule is Fc1ccc(Cl)c([C@H]2COCCN2)c1. The summed E-state index contributed by atoms with van der Waals surface area (Å²) in [7, 11) is 0. The van der Waals surface area contributed by atoms with Gasteiger partial charge in [-0.25, -0.2) is 4.39 Å². The number of ether oxygens (including phenoxy) is 1. The van der Waals surface area contributed by atoms with Gasteiger partial charge in [-0.05, 0) is 23.8 Å². The first-order valence-corrected chi connectivity index (χ1v) is 4.91. The normalized spacial score (nSPS) is 22.3. The molecule has 0 radical (unpaired) electrons. The summed E-state index contributed by atoms with van der Waals surface area (Å²) in [6, 6.07) is 4.39. The summed E-state index contributed by atoms with van der Waals surface area (Å²) in [5.41, 5.74) is 0.770. The van der Waals surface area contributed by atoms with E-state index in [1.807, 2.05) is 0 Å². The highest BCUT2D eigenvalue weighted by Gasteiger charge is 2.18. The smallest absolute Gasteiger partial charge is 0.123 e. The molecular weight excluding hydrogens is 205 g/mol. The van der Waals surface area contributed by atoms with E-state index in [4.69, 9.17) is 16.3 Å². The number of hydrogen-bond donors (Lipinski definition) is 1. The first-order chi connectivity index (χ1) is 6.77. The van der Waals surface area contributed by atoms with Gasteiger partial charge in [0.1, 0.15) is 5.82 Å². The van der Waals surface area contributed by atoms with E-state index < -0.39 is 0 Å². The highest BCUT2D eigenvalue weighted by atomic mass is 35.5. The van der Waals surface area contributed by atoms with Gasteiger partial charge < -0.3 is 10.1 Å². The average molecular weight is 216 g/mol. The molecule has 1 fully saturated rings. The molecule has 0 unspecified atom stereocenters. The van der Waals surface area contributed by atoms with Crippen molar-refractivity contribution in [3.05, 3.63) is 34.6 Å². The van der Waals surface area contributed by atoms with Crippen LogP contribution in [-0.2, 0) is 4.74 Å². The minimum absolute atomic E-state index is 0.00644. The Bertz CT molecular complexity index is 326. The molecule has 1 aromatic carbocycles. The van der Waals surface area contributed by atoms with Crippen molar-refractivity contribution in [2.75, 3.05) is 19.8 Å². The van der Waals surface area contributed by atoms with E-state index in [0.717, 1.165) is 12.1 Å². The molecule has 1 saturated heterocycles. The summed E-state index contributed by atoms with van der Waals surface area (Å²) in [6.45, 7) is 2.02. The van der Waals surface area contributed by atoms with Crippen molar-refractivity contribution < 1.29 is 9.13 Å². The minimum Gasteiger partial charge on any atom is -0.378 e. The molecule has 76 valence electrons. The largest absolute Gasteiger partial charge is 0.378 e. The zero-order valence-electron chi connectivity index (χ0n) is 7.59. The van der Waals surface area contributed by atoms with Gasteiger partial charge in [0.25, 0.3) is 0 Å². The Labute approximate surface area is 87.0 Å². The Morgan fingerprint density at radius 2 is 2.36 bits per heavy atom. The Morgan fingerprint density at radius 1 is 1.50 bits per heavy atom. The molecule has 2 rings (SSSR count). The van der Waals surface area contributed by atoms with Crippen molar-refractivity contribution in [3.8, 4) is 0 Å². The molecule has 0 aliphatic carbocycles. The highest BCUT2D eigenvalue weighted by molar-refractivity contribution is 6.31. The van der Waals surface area contributed by atoms with Gasteiger partial charge in [0.2, 0.25) is 0 Å². The van der Waals surface area contributed by atoms with Gasteiger partial charge in [-0.2, -0.15) is 0 Å². The predicted molar refractivity (Wildman–Crippen MR) is 53.0 cm³/mol. The lowest BCUT2D eigenvalue weighted by atomic mass is 10.1. The van der Waals surface area contributed by atoms with E-state index in [2.05, 4.69) is 5.32 Å². The van der Waals surface area contributed by atoms with Gasteiger partial charge >= 0.3 is 0 Å². The van der Waals surface area contributed by atoms with Gasteiger partial charge in [0, 0.05) is 11.6 Å². The summed E-state index contributed by atoms with van der Waals surface area (Å²) in [6.07, 6.45) is 0. The van der Waals surface area contributed by atoms with E-state index in [1.54, 1.807) is 6.07 Å². The van der Waals surface area contributed by atoms with E-state index >= 15 is 0 Å². The minimum atomic E-state index is -0.267. The monoisotopic (exact) mass is 215 g/mol. The number of benzene rings is 1. The van der Waals surface area contributed by atoms with Crippen LogP contribution in [0.3, 0.4) is 0 Å². The number of halogens is 2. The fourth-order valence-electron chi connectivity index (χ4n) is 1.55. The van der Waals surface area contributed by atoms with Crippen LogP contribution in [-0.4, -0.2) is 19.8 Å². The molecule has 0 bridgehead atoms. The highest BCUT2D eigenvalue weighted by Crippen LogP contribution is 2.25. The van der Waals surface area contributed by atoms with Crippen molar-refractivity contribution in [2.24, 2.45) is 0 Å². The Hall–Kier alpha value is -0.640. The summed E-state index contributed by atoms with van der Waals surface area (Å²) >= 11 is 5.97. The number of nitrogens with one attached hydrogen (secondary N) is 1. The van der Waals surface area contributed by atoms with E-state index in [-0.39, 0.29) is 11.9 Å². The summed E-state index contributed by atoms with van der Waals surface area (Å²) in [5, 5.41) is 3.81. The topological polar surface area (TPSA) is 21.3 Å². The van der Waals surface area contributed by atoms with Gasteiger partial charge in [-0.3, -0.25) is 0 Å². The summed E-state index contributed by atoms with van der Waals surface area (Å²) in [5.74, 6) is -0.267. The first kappa shape index (κ1) is 9.90. The van der Waals surface area contributed by atoms with Crippen LogP contribution in [0.5, 0.6) is 0 Å². The lowest BCUT2D eigenvalue weighted by Gasteiger charge is -2.24. The molecule has 0 spiro atoms. The first-order valence-electron chi connectivity index (χ1n) is 4.53. The number of hydrogen-bond acceptors (Lipinski definition) is 2. The molecule has 14 heavy (non-hydrogen) atoms. The standard InChI is InChI=1S/C10H11ClFNO/c11-9-2-1-7(12)5-8(9)10-6-14-4-3-13-10/h1-2,5,10,13H,3-4,6H2/t10-/m1/s1. The van der Waals surface area contributed by atoms with Crippen molar-refractivity contribution in [1.29, 1.82) is 0 Å². The fraction of sp³-hybridized carbons (Fsp3) is 0.400. The van der Waals surface area contributed by atoms with Gasteiger partial charge in [0.15, 0.2) is 0 Å². The maximum atomic E-state index is 13.0. The number of rotatable bonds is 1. The van der Waals surface area contributed by atoms with E-state index in [0.29, 0.717) is 18.2 Å². The average Bonchev–Trinajstić information content (AvgIpc) is 2.23. The Morgan fingerprint density at radius 3 is 3.07 bits per heavy atom. The van der Waals surface area contributed by atoms with Crippen LogP contribution in [0.2, 0.25) is 5.02 Å². The molecule has 2 nitrogen and oxygen atoms in total. The van der Waals surface area contributed by atoms with E-state index in [1.165, 1.54) is 12.1 Å². The third kappa shape index (κ3) is 2.05. The lowest BCUT2D eigenvalue weighted by molar-refractivity contribution is 0.0768. The molecule has 1 atom stereocenters. The molecule has 1 heterocycles. The molecule has 1 aliphatic heterocycles. The van der Waals surface area contributed by atoms with Crippen molar-refractivity contribution in [3.63, 3.8) is 0 Å². The summed E-state index contributed by atoms with van der Waals surface area (Å²) < 4.78 is 18.3. The molecular formula is C10H11ClFNO. The van der Waals surface area contributed by atoms with Crippen LogP contribution in [0.25, 0.3) is 0 Å². The zero-order chi connectivity index (χ0) is 9.97. The van der Waals surface area contributed by atoms with Crippen molar-refractivity contribution >= 4 is 11.6 Å². The van der Waals surface area contributed by atoms with Crippen LogP contribution in [0, 0.1) is 5.82 Å². The van der Waals surface area contributed by atoms with Crippen molar-refractivity contribution in [1.82, 2.24) is 5.32 Å². The lowest BCUT2D eigenvalue weighted by Crippen LogP contribution is -2.34. The predicted octanol–water partition coefficient (Wildman–Crippen LogP) is 2.14. The molecule has 1 aromatic rings. The van der Waals surface area contributed by atoms with Gasteiger partial charge in [-0.15, -0.1) is 0 Å². The summed E-state index contributed by atoms with van der Waals surface area (Å²) in [4.78, 5) is 0. The molecule has 1 N–H and O–H groups in total. The van der Waals surface area contributed by atoms with Crippen LogP contribution in [0.1, 0.15) is 11.6 Å². The molecule has 0 amide bonds. The second-order valence-electron chi connectivity index (χ2n) is 3.25. The van der Waals surface area contributed by atoms with Crippen LogP contribution < -0.4 is 5.32 Å². The fourth-order valence-corrected chi connectivity index (χ4v) is 1.80. The molecule has 1 aliphatic rings. The number of morpholine rings is 1. The second kappa shape index (κ2) is 4.26. The Balaban J connectivity index is 2.24. The quantitative estimate of drug-likeness (QED) is 0.775. The van der Waals surface area contributed by atoms with Gasteiger partial charge in [0.05, 0.1) is 19.3 Å². The maximum Gasteiger partial charge on any atom is 0.123 e. The van der Waals surface area contributed by atoms with Crippen LogP contribution in [0.15, 0.2) is 18.2 Å². The Kier molecular flexibility index (Phi) is 3.01. The van der Waals surface area contributed by atoms with Gasteiger partial charge in [-0.1, -0.05) is 11.6 Å². The zero-order valence-corrected chi connectivity index (χ0v) is 8.35.